The number of fused-ring (bicyclic) bond motifs is 1. The Hall–Kier alpha value is -1.97. The van der Waals surface area contributed by atoms with Gasteiger partial charge in [0.1, 0.15) is 5.65 Å². The van der Waals surface area contributed by atoms with Gasteiger partial charge in [0.15, 0.2) is 4.77 Å². The fourth-order valence-electron chi connectivity index (χ4n) is 2.37. The molecule has 1 N–H and O–H groups in total. The first-order valence-electron chi connectivity index (χ1n) is 6.84. The molecule has 0 unspecified atom stereocenters. The lowest BCUT2D eigenvalue weighted by atomic mass is 10.1. The van der Waals surface area contributed by atoms with Crippen LogP contribution >= 0.6 is 35.2 Å². The maximum absolute atomic E-state index is 13.6. The van der Waals surface area contributed by atoms with Gasteiger partial charge in [0.25, 0.3) is 5.56 Å². The first-order valence-corrected chi connectivity index (χ1v) is 8.44. The molecule has 10 heteroatoms. The highest BCUT2D eigenvalue weighted by atomic mass is 35.5. The summed E-state index contributed by atoms with van der Waals surface area (Å²) in [5.41, 5.74) is -2.10. The van der Waals surface area contributed by atoms with Gasteiger partial charge in [-0.2, -0.15) is 13.2 Å². The average Bonchev–Trinajstić information content (AvgIpc) is 2.96. The summed E-state index contributed by atoms with van der Waals surface area (Å²) in [5.74, 6) is 0. The highest BCUT2D eigenvalue weighted by Crippen LogP contribution is 2.37. The summed E-state index contributed by atoms with van der Waals surface area (Å²) >= 11 is 12.0. The van der Waals surface area contributed by atoms with Gasteiger partial charge in [0.2, 0.25) is 0 Å². The largest absolute Gasteiger partial charge is 0.417 e. The molecule has 0 aromatic carbocycles. The summed E-state index contributed by atoms with van der Waals surface area (Å²) in [6.45, 7) is 3.66. The third-order valence-electron chi connectivity index (χ3n) is 3.39. The lowest BCUT2D eigenvalue weighted by molar-refractivity contribution is -0.136. The Kier molecular flexibility index (Phi) is 4.56. The van der Waals surface area contributed by atoms with Crippen LogP contribution in [0, 0.1) is 4.77 Å². The Morgan fingerprint density at radius 2 is 2.16 bits per heavy atom. The van der Waals surface area contributed by atoms with E-state index in [4.69, 9.17) is 23.8 Å². The van der Waals surface area contributed by atoms with Crippen molar-refractivity contribution in [1.29, 1.82) is 0 Å². The molecule has 0 aliphatic heterocycles. The zero-order chi connectivity index (χ0) is 18.4. The second kappa shape index (κ2) is 6.40. The van der Waals surface area contributed by atoms with Gasteiger partial charge in [0, 0.05) is 6.54 Å². The van der Waals surface area contributed by atoms with Gasteiger partial charge < -0.3 is 0 Å². The number of halogens is 4. The Balaban J connectivity index is 2.50. The minimum absolute atomic E-state index is 0.0283. The van der Waals surface area contributed by atoms with Crippen LogP contribution in [0.1, 0.15) is 5.56 Å². The van der Waals surface area contributed by atoms with E-state index in [0.29, 0.717) is 9.21 Å². The van der Waals surface area contributed by atoms with Crippen LogP contribution in [0.5, 0.6) is 0 Å². The Labute approximate surface area is 153 Å². The van der Waals surface area contributed by atoms with Crippen molar-refractivity contribution in [2.75, 3.05) is 0 Å². The predicted octanol–water partition coefficient (Wildman–Crippen LogP) is 5.04. The number of thiophene rings is 1. The van der Waals surface area contributed by atoms with E-state index < -0.39 is 22.7 Å². The fraction of sp³-hybridized carbons (Fsp3) is 0.133. The van der Waals surface area contributed by atoms with Crippen molar-refractivity contribution in [3.63, 3.8) is 0 Å². The summed E-state index contributed by atoms with van der Waals surface area (Å²) in [6, 6.07) is 3.98. The summed E-state index contributed by atoms with van der Waals surface area (Å²) in [5, 5.41) is -0.561. The van der Waals surface area contributed by atoms with Crippen molar-refractivity contribution in [1.82, 2.24) is 14.5 Å². The SMILES string of the molecule is C=CCn1c(=S)[nH]c(=O)c2c(C(F)(F)F)cc(-c3ccc(Cl)s3)nc21. The van der Waals surface area contributed by atoms with Crippen molar-refractivity contribution in [3.05, 3.63) is 55.9 Å². The van der Waals surface area contributed by atoms with E-state index in [9.17, 15) is 18.0 Å². The minimum Gasteiger partial charge on any atom is -0.299 e. The molecule has 0 aliphatic rings. The van der Waals surface area contributed by atoms with Crippen molar-refractivity contribution in [2.24, 2.45) is 0 Å². The lowest BCUT2D eigenvalue weighted by Crippen LogP contribution is -2.20. The van der Waals surface area contributed by atoms with E-state index >= 15 is 0 Å². The van der Waals surface area contributed by atoms with Gasteiger partial charge in [-0.25, -0.2) is 4.98 Å². The van der Waals surface area contributed by atoms with Gasteiger partial charge >= 0.3 is 6.18 Å². The molecule has 130 valence electrons. The van der Waals surface area contributed by atoms with Crippen LogP contribution in [0.4, 0.5) is 13.2 Å². The van der Waals surface area contributed by atoms with Gasteiger partial charge in [0.05, 0.1) is 25.9 Å². The molecule has 0 saturated carbocycles. The summed E-state index contributed by atoms with van der Waals surface area (Å²) < 4.78 is 42.4. The number of alkyl halides is 3. The minimum atomic E-state index is -4.74. The van der Waals surface area contributed by atoms with Gasteiger partial charge in [-0.15, -0.1) is 17.9 Å². The zero-order valence-electron chi connectivity index (χ0n) is 12.4. The van der Waals surface area contributed by atoms with Gasteiger partial charge in [-0.1, -0.05) is 17.7 Å². The summed E-state index contributed by atoms with van der Waals surface area (Å²) in [4.78, 5) is 19.1. The number of nitrogens with zero attached hydrogens (tertiary/aromatic N) is 2. The van der Waals surface area contributed by atoms with E-state index in [-0.39, 0.29) is 22.7 Å². The van der Waals surface area contributed by atoms with E-state index in [0.717, 1.165) is 17.4 Å². The number of hydrogen-bond donors (Lipinski definition) is 1. The number of allylic oxidation sites excluding steroid dienone is 1. The molecule has 3 aromatic heterocycles. The van der Waals surface area contributed by atoms with Crippen LogP contribution in [0.15, 0.2) is 35.6 Å². The van der Waals surface area contributed by atoms with E-state index in [1.807, 2.05) is 0 Å². The maximum atomic E-state index is 13.6. The molecule has 25 heavy (non-hydrogen) atoms. The molecule has 4 nitrogen and oxygen atoms in total. The Bertz CT molecular complexity index is 1100. The van der Waals surface area contributed by atoms with Crippen LogP contribution in [-0.2, 0) is 12.7 Å². The Morgan fingerprint density at radius 3 is 2.72 bits per heavy atom. The van der Waals surface area contributed by atoms with E-state index in [1.165, 1.54) is 10.6 Å². The average molecular weight is 404 g/mol. The molecule has 3 heterocycles. The molecule has 0 saturated heterocycles. The van der Waals surface area contributed by atoms with Crippen molar-refractivity contribution in [3.8, 4) is 10.6 Å². The highest BCUT2D eigenvalue weighted by Gasteiger charge is 2.35. The van der Waals surface area contributed by atoms with Crippen molar-refractivity contribution in [2.45, 2.75) is 12.7 Å². The number of hydrogen-bond acceptors (Lipinski definition) is 4. The van der Waals surface area contributed by atoms with E-state index in [2.05, 4.69) is 16.5 Å². The molecule has 3 rings (SSSR count). The molecule has 0 fully saturated rings. The van der Waals surface area contributed by atoms with Crippen molar-refractivity contribution >= 4 is 46.2 Å². The topological polar surface area (TPSA) is 50.7 Å². The molecule has 0 bridgehead atoms. The van der Waals surface area contributed by atoms with Crippen LogP contribution < -0.4 is 5.56 Å². The van der Waals surface area contributed by atoms with Crippen LogP contribution in [0.2, 0.25) is 4.34 Å². The first kappa shape index (κ1) is 17.8. The number of aromatic amines is 1. The maximum Gasteiger partial charge on any atom is 0.417 e. The third kappa shape index (κ3) is 3.26. The molecular formula is C15H9ClF3N3OS2. The van der Waals surface area contributed by atoms with Crippen LogP contribution in [0.25, 0.3) is 21.6 Å². The molecule has 0 radical (unpaired) electrons. The number of rotatable bonds is 3. The quantitative estimate of drug-likeness (QED) is 0.492. The first-order chi connectivity index (χ1) is 11.7. The Morgan fingerprint density at radius 1 is 1.44 bits per heavy atom. The normalized spacial score (nSPS) is 11.8. The highest BCUT2D eigenvalue weighted by molar-refractivity contribution is 7.71. The lowest BCUT2D eigenvalue weighted by Gasteiger charge is -2.14. The van der Waals surface area contributed by atoms with Gasteiger partial charge in [-0.3, -0.25) is 14.3 Å². The molecule has 0 spiro atoms. The number of pyridine rings is 1. The van der Waals surface area contributed by atoms with Gasteiger partial charge in [-0.05, 0) is 30.4 Å². The second-order valence-electron chi connectivity index (χ2n) is 5.01. The molecule has 0 amide bonds. The fourth-order valence-corrected chi connectivity index (χ4v) is 3.63. The van der Waals surface area contributed by atoms with Crippen LogP contribution in [0.3, 0.4) is 0 Å². The molecule has 3 aromatic rings. The second-order valence-corrected chi connectivity index (χ2v) is 7.12. The van der Waals surface area contributed by atoms with Crippen molar-refractivity contribution < 1.29 is 13.2 Å². The smallest absolute Gasteiger partial charge is 0.299 e. The molecular weight excluding hydrogens is 395 g/mol. The number of nitrogens with one attached hydrogen (secondary N) is 1. The van der Waals surface area contributed by atoms with E-state index in [1.54, 1.807) is 12.1 Å². The monoisotopic (exact) mass is 403 g/mol. The standard InChI is InChI=1S/C15H9ClF3N3OS2/c1-2-5-22-12-11(13(23)21-14(22)24)7(15(17,18)19)6-8(20-12)9-3-4-10(16)25-9/h2-4,6H,1,5H2,(H,21,23,24). The number of H-pyrrole nitrogens is 1. The molecule has 0 aliphatic carbocycles. The third-order valence-corrected chi connectivity index (χ3v) is 4.97. The van der Waals surface area contributed by atoms with Crippen LogP contribution in [-0.4, -0.2) is 14.5 Å². The zero-order valence-corrected chi connectivity index (χ0v) is 14.7. The number of aromatic nitrogens is 3. The summed E-state index contributed by atoms with van der Waals surface area (Å²) in [6.07, 6.45) is -3.28. The molecule has 0 atom stereocenters. The summed E-state index contributed by atoms with van der Waals surface area (Å²) in [7, 11) is 0. The predicted molar refractivity (Wildman–Crippen MR) is 94.7 cm³/mol.